The third-order valence-corrected chi connectivity index (χ3v) is 2.63. The third kappa shape index (κ3) is 3.57. The SMILES string of the molecule is CCCCCCc1cc(C(=O)O)ccc1O. The second-order valence-corrected chi connectivity index (χ2v) is 3.96. The smallest absolute Gasteiger partial charge is 0.335 e. The van der Waals surface area contributed by atoms with E-state index < -0.39 is 5.97 Å². The van der Waals surface area contributed by atoms with E-state index >= 15 is 0 Å². The highest BCUT2D eigenvalue weighted by Crippen LogP contribution is 2.21. The fourth-order valence-corrected chi connectivity index (χ4v) is 1.66. The Bertz CT molecular complexity index is 358. The maximum atomic E-state index is 10.8. The number of aromatic hydroxyl groups is 1. The molecule has 0 radical (unpaired) electrons. The van der Waals surface area contributed by atoms with Crippen molar-refractivity contribution in [2.75, 3.05) is 0 Å². The molecule has 0 aliphatic carbocycles. The summed E-state index contributed by atoms with van der Waals surface area (Å²) in [6, 6.07) is 4.44. The quantitative estimate of drug-likeness (QED) is 0.726. The van der Waals surface area contributed by atoms with Gasteiger partial charge in [0, 0.05) is 0 Å². The van der Waals surface area contributed by atoms with Gasteiger partial charge in [0.1, 0.15) is 5.75 Å². The van der Waals surface area contributed by atoms with Crippen molar-refractivity contribution < 1.29 is 15.0 Å². The number of rotatable bonds is 6. The Kier molecular flexibility index (Phi) is 4.83. The van der Waals surface area contributed by atoms with Gasteiger partial charge in [-0.05, 0) is 36.6 Å². The van der Waals surface area contributed by atoms with Crippen LogP contribution in [0.3, 0.4) is 0 Å². The van der Waals surface area contributed by atoms with Crippen LogP contribution in [0.1, 0.15) is 48.5 Å². The Labute approximate surface area is 95.7 Å². The van der Waals surface area contributed by atoms with E-state index in [2.05, 4.69) is 6.92 Å². The molecule has 0 aliphatic rings. The molecular formula is C13H18O3. The summed E-state index contributed by atoms with van der Waals surface area (Å²) in [5, 5.41) is 18.4. The molecule has 1 aromatic rings. The van der Waals surface area contributed by atoms with E-state index in [0.29, 0.717) is 0 Å². The van der Waals surface area contributed by atoms with Gasteiger partial charge in [0.2, 0.25) is 0 Å². The molecule has 0 aromatic heterocycles. The van der Waals surface area contributed by atoms with Gasteiger partial charge in [0.05, 0.1) is 5.56 Å². The lowest BCUT2D eigenvalue weighted by Gasteiger charge is -2.05. The Morgan fingerprint density at radius 3 is 2.62 bits per heavy atom. The average molecular weight is 222 g/mol. The zero-order chi connectivity index (χ0) is 12.0. The third-order valence-electron chi connectivity index (χ3n) is 2.63. The Morgan fingerprint density at radius 2 is 2.00 bits per heavy atom. The number of carboxylic acids is 1. The largest absolute Gasteiger partial charge is 0.508 e. The van der Waals surface area contributed by atoms with Gasteiger partial charge in [0.15, 0.2) is 0 Å². The van der Waals surface area contributed by atoms with Gasteiger partial charge in [-0.15, -0.1) is 0 Å². The van der Waals surface area contributed by atoms with Gasteiger partial charge in [-0.3, -0.25) is 0 Å². The van der Waals surface area contributed by atoms with Crippen LogP contribution in [-0.4, -0.2) is 16.2 Å². The van der Waals surface area contributed by atoms with E-state index in [1.54, 1.807) is 6.07 Å². The average Bonchev–Trinajstić information content (AvgIpc) is 2.26. The molecule has 0 heterocycles. The van der Waals surface area contributed by atoms with Crippen LogP contribution in [0, 0.1) is 0 Å². The zero-order valence-corrected chi connectivity index (χ0v) is 9.57. The molecule has 0 bridgehead atoms. The first-order valence-corrected chi connectivity index (χ1v) is 5.70. The number of aryl methyl sites for hydroxylation is 1. The highest BCUT2D eigenvalue weighted by Gasteiger charge is 2.07. The van der Waals surface area contributed by atoms with Crippen molar-refractivity contribution in [3.05, 3.63) is 29.3 Å². The van der Waals surface area contributed by atoms with Gasteiger partial charge in [0.25, 0.3) is 0 Å². The maximum absolute atomic E-state index is 10.8. The molecule has 1 aromatic carbocycles. The van der Waals surface area contributed by atoms with Crippen LogP contribution in [0.15, 0.2) is 18.2 Å². The van der Waals surface area contributed by atoms with E-state index in [4.69, 9.17) is 5.11 Å². The molecule has 1 rings (SSSR count). The lowest BCUT2D eigenvalue weighted by molar-refractivity contribution is 0.0696. The molecule has 0 amide bonds. The number of unbranched alkanes of at least 4 members (excludes halogenated alkanes) is 3. The molecule has 16 heavy (non-hydrogen) atoms. The van der Waals surface area contributed by atoms with E-state index in [9.17, 15) is 9.90 Å². The van der Waals surface area contributed by atoms with Crippen LogP contribution >= 0.6 is 0 Å². The van der Waals surface area contributed by atoms with Gasteiger partial charge in [-0.2, -0.15) is 0 Å². The van der Waals surface area contributed by atoms with Crippen molar-refractivity contribution in [3.8, 4) is 5.75 Å². The normalized spacial score (nSPS) is 10.3. The number of hydrogen-bond donors (Lipinski definition) is 2. The number of benzene rings is 1. The van der Waals surface area contributed by atoms with Crippen molar-refractivity contribution in [3.63, 3.8) is 0 Å². The molecule has 0 fully saturated rings. The summed E-state index contributed by atoms with van der Waals surface area (Å²) in [7, 11) is 0. The first-order chi connectivity index (χ1) is 7.65. The summed E-state index contributed by atoms with van der Waals surface area (Å²) in [5.74, 6) is -0.753. The predicted octanol–water partition coefficient (Wildman–Crippen LogP) is 3.21. The monoisotopic (exact) mass is 222 g/mol. The summed E-state index contributed by atoms with van der Waals surface area (Å²) in [4.78, 5) is 10.8. The van der Waals surface area contributed by atoms with Gasteiger partial charge in [-0.1, -0.05) is 26.2 Å². The molecule has 0 aliphatic heterocycles. The van der Waals surface area contributed by atoms with E-state index in [0.717, 1.165) is 24.8 Å². The Balaban J connectivity index is 2.63. The van der Waals surface area contributed by atoms with E-state index in [-0.39, 0.29) is 11.3 Å². The van der Waals surface area contributed by atoms with Crippen molar-refractivity contribution in [1.29, 1.82) is 0 Å². The summed E-state index contributed by atoms with van der Waals surface area (Å²) in [6.45, 7) is 2.14. The van der Waals surface area contributed by atoms with Crippen molar-refractivity contribution in [1.82, 2.24) is 0 Å². The molecular weight excluding hydrogens is 204 g/mol. The fourth-order valence-electron chi connectivity index (χ4n) is 1.66. The standard InChI is InChI=1S/C13H18O3/c1-2-3-4-5-6-10-9-11(13(15)16)7-8-12(10)14/h7-9,14H,2-6H2,1H3,(H,15,16). The molecule has 0 atom stereocenters. The number of aromatic carboxylic acids is 1. The van der Waals surface area contributed by atoms with Crippen molar-refractivity contribution in [2.24, 2.45) is 0 Å². The Morgan fingerprint density at radius 1 is 1.25 bits per heavy atom. The molecule has 88 valence electrons. The second-order valence-electron chi connectivity index (χ2n) is 3.96. The number of hydrogen-bond acceptors (Lipinski definition) is 2. The minimum Gasteiger partial charge on any atom is -0.508 e. The minimum atomic E-state index is -0.949. The van der Waals surface area contributed by atoms with Crippen molar-refractivity contribution in [2.45, 2.75) is 39.0 Å². The van der Waals surface area contributed by atoms with Gasteiger partial charge in [-0.25, -0.2) is 4.79 Å². The van der Waals surface area contributed by atoms with Crippen molar-refractivity contribution >= 4 is 5.97 Å². The molecule has 0 unspecified atom stereocenters. The van der Waals surface area contributed by atoms with E-state index in [1.807, 2.05) is 0 Å². The topological polar surface area (TPSA) is 57.5 Å². The van der Waals surface area contributed by atoms with Crippen LogP contribution in [-0.2, 0) is 6.42 Å². The predicted molar refractivity (Wildman–Crippen MR) is 62.9 cm³/mol. The van der Waals surface area contributed by atoms with Gasteiger partial charge >= 0.3 is 5.97 Å². The van der Waals surface area contributed by atoms with E-state index in [1.165, 1.54) is 25.0 Å². The zero-order valence-electron chi connectivity index (χ0n) is 9.57. The minimum absolute atomic E-state index is 0.196. The molecule has 3 heteroatoms. The van der Waals surface area contributed by atoms with Crippen LogP contribution in [0.4, 0.5) is 0 Å². The second kappa shape index (κ2) is 6.16. The molecule has 3 nitrogen and oxygen atoms in total. The first kappa shape index (κ1) is 12.6. The molecule has 2 N–H and O–H groups in total. The molecule has 0 spiro atoms. The van der Waals surface area contributed by atoms with Crippen LogP contribution < -0.4 is 0 Å². The molecule has 0 saturated heterocycles. The number of carboxylic acid groups (broad SMARTS) is 1. The summed E-state index contributed by atoms with van der Waals surface area (Å²) >= 11 is 0. The summed E-state index contributed by atoms with van der Waals surface area (Å²) in [6.07, 6.45) is 5.20. The number of phenols is 1. The lowest BCUT2D eigenvalue weighted by atomic mass is 10.0. The van der Waals surface area contributed by atoms with Crippen LogP contribution in [0.25, 0.3) is 0 Å². The number of phenolic OH excluding ortho intramolecular Hbond substituents is 1. The van der Waals surface area contributed by atoms with Crippen LogP contribution in [0.5, 0.6) is 5.75 Å². The molecule has 0 saturated carbocycles. The van der Waals surface area contributed by atoms with Crippen LogP contribution in [0.2, 0.25) is 0 Å². The summed E-state index contributed by atoms with van der Waals surface area (Å²) < 4.78 is 0. The summed E-state index contributed by atoms with van der Waals surface area (Å²) in [5.41, 5.74) is 0.972. The highest BCUT2D eigenvalue weighted by atomic mass is 16.4. The maximum Gasteiger partial charge on any atom is 0.335 e. The van der Waals surface area contributed by atoms with Gasteiger partial charge < -0.3 is 10.2 Å². The Hall–Kier alpha value is -1.51. The first-order valence-electron chi connectivity index (χ1n) is 5.70. The lowest BCUT2D eigenvalue weighted by Crippen LogP contribution is -1.97. The highest BCUT2D eigenvalue weighted by molar-refractivity contribution is 5.88. The fraction of sp³-hybridized carbons (Fsp3) is 0.462. The number of carbonyl (C=O) groups is 1.